The molecule has 0 unspecified atom stereocenters. The Morgan fingerprint density at radius 2 is 1.96 bits per heavy atom. The van der Waals surface area contributed by atoms with Crippen LogP contribution in [0.4, 0.5) is 0 Å². The Balaban J connectivity index is 2.02. The summed E-state index contributed by atoms with van der Waals surface area (Å²) in [6, 6.07) is 9.22. The summed E-state index contributed by atoms with van der Waals surface area (Å²) in [5.74, 6) is 0. The summed E-state index contributed by atoms with van der Waals surface area (Å²) in [5, 5.41) is 11.0. The number of fused-ring (bicyclic) bond motifs is 1. The SMILES string of the molecule is C[Si](C)(C)CCOCn1cc(-c2ccccc2CCO)c2c(Cl)c(Br)cnc21. The lowest BCUT2D eigenvalue weighted by Crippen LogP contribution is -2.22. The summed E-state index contributed by atoms with van der Waals surface area (Å²) in [4.78, 5) is 4.60. The molecule has 0 bridgehead atoms. The Labute approximate surface area is 180 Å². The van der Waals surface area contributed by atoms with Crippen molar-refractivity contribution in [3.05, 3.63) is 51.7 Å². The highest BCUT2D eigenvalue weighted by atomic mass is 79.9. The first-order valence-corrected chi connectivity index (χ1v) is 14.3. The van der Waals surface area contributed by atoms with Gasteiger partial charge in [-0.2, -0.15) is 0 Å². The first kappa shape index (κ1) is 21.5. The zero-order valence-corrected chi connectivity index (χ0v) is 19.8. The summed E-state index contributed by atoms with van der Waals surface area (Å²) >= 11 is 10.2. The van der Waals surface area contributed by atoms with Crippen LogP contribution in [0.5, 0.6) is 0 Å². The molecule has 0 atom stereocenters. The molecule has 2 aromatic heterocycles. The van der Waals surface area contributed by atoms with E-state index in [1.54, 1.807) is 6.20 Å². The number of halogens is 2. The third-order valence-corrected chi connectivity index (χ3v) is 7.62. The maximum atomic E-state index is 9.45. The smallest absolute Gasteiger partial charge is 0.143 e. The Kier molecular flexibility index (Phi) is 6.99. The highest BCUT2D eigenvalue weighted by Crippen LogP contribution is 2.39. The van der Waals surface area contributed by atoms with E-state index in [0.717, 1.165) is 44.8 Å². The molecule has 0 fully saturated rings. The van der Waals surface area contributed by atoms with Crippen molar-refractivity contribution in [3.8, 4) is 11.1 Å². The molecular weight excluding hydrogens is 456 g/mol. The quantitative estimate of drug-likeness (QED) is 0.319. The van der Waals surface area contributed by atoms with Gasteiger partial charge in [-0.1, -0.05) is 55.5 Å². The Morgan fingerprint density at radius 1 is 1.21 bits per heavy atom. The van der Waals surface area contributed by atoms with Crippen molar-refractivity contribution < 1.29 is 9.84 Å². The van der Waals surface area contributed by atoms with Gasteiger partial charge < -0.3 is 14.4 Å². The number of ether oxygens (including phenoxy) is 1. The van der Waals surface area contributed by atoms with Crippen LogP contribution >= 0.6 is 27.5 Å². The maximum absolute atomic E-state index is 9.45. The molecule has 0 radical (unpaired) electrons. The molecule has 7 heteroatoms. The monoisotopic (exact) mass is 480 g/mol. The van der Waals surface area contributed by atoms with Crippen LogP contribution < -0.4 is 0 Å². The number of benzene rings is 1. The highest BCUT2D eigenvalue weighted by Gasteiger charge is 2.19. The number of nitrogens with zero attached hydrogens (tertiary/aromatic N) is 2. The summed E-state index contributed by atoms with van der Waals surface area (Å²) < 4.78 is 8.74. The van der Waals surface area contributed by atoms with Gasteiger partial charge in [0.05, 0.1) is 9.50 Å². The van der Waals surface area contributed by atoms with E-state index in [4.69, 9.17) is 16.3 Å². The van der Waals surface area contributed by atoms with Crippen LogP contribution in [0.15, 0.2) is 41.1 Å². The van der Waals surface area contributed by atoms with Gasteiger partial charge in [0.1, 0.15) is 12.4 Å². The zero-order valence-electron chi connectivity index (χ0n) is 16.5. The second-order valence-corrected chi connectivity index (χ2v) is 15.0. The van der Waals surface area contributed by atoms with E-state index < -0.39 is 8.07 Å². The minimum absolute atomic E-state index is 0.102. The van der Waals surface area contributed by atoms with Crippen LogP contribution in [-0.2, 0) is 17.9 Å². The molecule has 0 aliphatic rings. The largest absolute Gasteiger partial charge is 0.396 e. The fourth-order valence-corrected chi connectivity index (χ4v) is 4.45. The van der Waals surface area contributed by atoms with Gasteiger partial charge in [0.15, 0.2) is 0 Å². The molecular formula is C21H26BrClN2O2Si. The molecule has 0 aliphatic carbocycles. The number of hydrogen-bond donors (Lipinski definition) is 1. The van der Waals surface area contributed by atoms with E-state index >= 15 is 0 Å². The molecule has 0 saturated carbocycles. The van der Waals surface area contributed by atoms with Crippen molar-refractivity contribution in [2.24, 2.45) is 0 Å². The molecule has 2 heterocycles. The van der Waals surface area contributed by atoms with E-state index in [2.05, 4.69) is 52.8 Å². The van der Waals surface area contributed by atoms with Crippen molar-refractivity contribution >= 4 is 46.6 Å². The van der Waals surface area contributed by atoms with Crippen molar-refractivity contribution in [1.82, 2.24) is 9.55 Å². The molecule has 1 aromatic carbocycles. The third-order valence-electron chi connectivity index (χ3n) is 4.69. The minimum Gasteiger partial charge on any atom is -0.396 e. The van der Waals surface area contributed by atoms with Crippen molar-refractivity contribution in [2.75, 3.05) is 13.2 Å². The van der Waals surface area contributed by atoms with E-state index in [1.807, 2.05) is 22.8 Å². The summed E-state index contributed by atoms with van der Waals surface area (Å²) in [7, 11) is -1.13. The lowest BCUT2D eigenvalue weighted by atomic mass is 9.98. The van der Waals surface area contributed by atoms with Gasteiger partial charge in [0, 0.05) is 44.6 Å². The topological polar surface area (TPSA) is 47.3 Å². The van der Waals surface area contributed by atoms with Gasteiger partial charge in [0.25, 0.3) is 0 Å². The van der Waals surface area contributed by atoms with Gasteiger partial charge in [-0.15, -0.1) is 0 Å². The predicted molar refractivity (Wildman–Crippen MR) is 123 cm³/mol. The number of aliphatic hydroxyl groups excluding tert-OH is 1. The first-order chi connectivity index (χ1) is 13.3. The number of pyridine rings is 1. The summed E-state index contributed by atoms with van der Waals surface area (Å²) in [5.41, 5.74) is 3.95. The van der Waals surface area contributed by atoms with Crippen molar-refractivity contribution in [3.63, 3.8) is 0 Å². The standard InChI is InChI=1S/C21H26BrClN2O2Si/c1-28(2,3)11-10-27-14-25-13-17(16-7-5-4-6-15(16)8-9-26)19-20(23)18(22)12-24-21(19)25/h4-7,12-13,26H,8-11,14H2,1-3H3. The van der Waals surface area contributed by atoms with Crippen LogP contribution in [-0.4, -0.2) is 35.9 Å². The zero-order chi connectivity index (χ0) is 20.3. The Morgan fingerprint density at radius 3 is 2.68 bits per heavy atom. The average molecular weight is 482 g/mol. The van der Waals surface area contributed by atoms with E-state index in [1.165, 1.54) is 0 Å². The number of hydrogen-bond acceptors (Lipinski definition) is 3. The lowest BCUT2D eigenvalue weighted by molar-refractivity contribution is 0.0899. The summed E-state index contributed by atoms with van der Waals surface area (Å²) in [6.45, 7) is 8.32. The fourth-order valence-electron chi connectivity index (χ4n) is 3.16. The van der Waals surface area contributed by atoms with Gasteiger partial charge in [-0.3, -0.25) is 0 Å². The molecule has 0 saturated heterocycles. The van der Waals surface area contributed by atoms with Crippen molar-refractivity contribution in [1.29, 1.82) is 0 Å². The van der Waals surface area contributed by atoms with E-state index in [0.29, 0.717) is 18.2 Å². The van der Waals surface area contributed by atoms with Crippen LogP contribution in [0.25, 0.3) is 22.2 Å². The first-order valence-electron chi connectivity index (χ1n) is 9.41. The van der Waals surface area contributed by atoms with Gasteiger partial charge in [-0.25, -0.2) is 4.98 Å². The van der Waals surface area contributed by atoms with Gasteiger partial charge in [-0.05, 0) is 39.5 Å². The number of aliphatic hydroxyl groups is 1. The second kappa shape index (κ2) is 9.09. The second-order valence-electron chi connectivity index (χ2n) is 8.11. The van der Waals surface area contributed by atoms with Crippen LogP contribution in [0.1, 0.15) is 5.56 Å². The molecule has 4 nitrogen and oxygen atoms in total. The van der Waals surface area contributed by atoms with Crippen LogP contribution in [0.3, 0.4) is 0 Å². The number of aromatic nitrogens is 2. The molecule has 150 valence electrons. The van der Waals surface area contributed by atoms with E-state index in [-0.39, 0.29) is 6.61 Å². The minimum atomic E-state index is -1.13. The van der Waals surface area contributed by atoms with Crippen LogP contribution in [0.2, 0.25) is 30.7 Å². The van der Waals surface area contributed by atoms with E-state index in [9.17, 15) is 5.11 Å². The molecule has 3 rings (SSSR count). The molecule has 28 heavy (non-hydrogen) atoms. The lowest BCUT2D eigenvalue weighted by Gasteiger charge is -2.15. The Hall–Kier alpha value is -1.18. The molecule has 0 aliphatic heterocycles. The highest BCUT2D eigenvalue weighted by molar-refractivity contribution is 9.10. The molecule has 0 spiro atoms. The van der Waals surface area contributed by atoms with Crippen molar-refractivity contribution in [2.45, 2.75) is 38.8 Å². The average Bonchev–Trinajstić information content (AvgIpc) is 3.01. The molecule has 3 aromatic rings. The Bertz CT molecular complexity index is 969. The number of rotatable bonds is 8. The normalized spacial score (nSPS) is 12.1. The van der Waals surface area contributed by atoms with Gasteiger partial charge in [0.2, 0.25) is 0 Å². The third kappa shape index (κ3) is 4.86. The molecule has 1 N–H and O–H groups in total. The van der Waals surface area contributed by atoms with Crippen LogP contribution in [0, 0.1) is 0 Å². The predicted octanol–water partition coefficient (Wildman–Crippen LogP) is 5.97. The maximum Gasteiger partial charge on any atom is 0.143 e. The summed E-state index contributed by atoms with van der Waals surface area (Å²) in [6.07, 6.45) is 4.38. The molecule has 0 amide bonds. The van der Waals surface area contributed by atoms with Gasteiger partial charge >= 0.3 is 0 Å². The fraction of sp³-hybridized carbons (Fsp3) is 0.381.